The van der Waals surface area contributed by atoms with E-state index in [4.69, 9.17) is 27.6 Å². The first-order valence-corrected chi connectivity index (χ1v) is 9.08. The van der Waals surface area contributed by atoms with Gasteiger partial charge in [0.05, 0.1) is 10.6 Å². The average molecular weight is 451 g/mol. The summed E-state index contributed by atoms with van der Waals surface area (Å²) in [6.07, 6.45) is -3.37. The van der Waals surface area contributed by atoms with Crippen LogP contribution >= 0.6 is 23.2 Å². The van der Waals surface area contributed by atoms with Crippen molar-refractivity contribution >= 4 is 40.9 Å². The SMILES string of the molecule is N#CC(=Cc1ccc(-c2cc(C(F)(F)F)ccc2Cl)o1)C(=O)Nc1cccc(Cl)c1. The lowest BCUT2D eigenvalue weighted by atomic mass is 10.1. The van der Waals surface area contributed by atoms with Crippen LogP contribution in [-0.4, -0.2) is 5.91 Å². The maximum atomic E-state index is 13.0. The van der Waals surface area contributed by atoms with Crippen LogP contribution in [0.1, 0.15) is 11.3 Å². The fourth-order valence-electron chi connectivity index (χ4n) is 2.52. The number of halogens is 5. The molecule has 9 heteroatoms. The lowest BCUT2D eigenvalue weighted by molar-refractivity contribution is -0.137. The van der Waals surface area contributed by atoms with E-state index in [0.717, 1.165) is 18.2 Å². The van der Waals surface area contributed by atoms with Gasteiger partial charge < -0.3 is 9.73 Å². The highest BCUT2D eigenvalue weighted by Gasteiger charge is 2.31. The Bertz CT molecular complexity index is 1180. The highest BCUT2D eigenvalue weighted by Crippen LogP contribution is 2.36. The molecular weight excluding hydrogens is 440 g/mol. The van der Waals surface area contributed by atoms with Crippen LogP contribution in [0.4, 0.5) is 18.9 Å². The zero-order valence-electron chi connectivity index (χ0n) is 14.9. The molecule has 0 aliphatic rings. The molecule has 152 valence electrons. The fourth-order valence-corrected chi connectivity index (χ4v) is 2.92. The second-order valence-corrected chi connectivity index (χ2v) is 6.87. The smallest absolute Gasteiger partial charge is 0.416 e. The zero-order valence-corrected chi connectivity index (χ0v) is 16.4. The summed E-state index contributed by atoms with van der Waals surface area (Å²) in [5.74, 6) is -0.545. The van der Waals surface area contributed by atoms with Crippen molar-refractivity contribution in [2.24, 2.45) is 0 Å². The van der Waals surface area contributed by atoms with E-state index in [2.05, 4.69) is 5.32 Å². The summed E-state index contributed by atoms with van der Waals surface area (Å²) < 4.78 is 44.4. The minimum atomic E-state index is -4.54. The number of amides is 1. The Hall–Kier alpha value is -3.21. The molecule has 1 aromatic heterocycles. The molecule has 0 fully saturated rings. The van der Waals surface area contributed by atoms with Gasteiger partial charge >= 0.3 is 6.18 Å². The number of rotatable bonds is 4. The van der Waals surface area contributed by atoms with Gasteiger partial charge in [-0.05, 0) is 48.5 Å². The van der Waals surface area contributed by atoms with Gasteiger partial charge in [-0.2, -0.15) is 18.4 Å². The van der Waals surface area contributed by atoms with Gasteiger partial charge in [-0.25, -0.2) is 0 Å². The van der Waals surface area contributed by atoms with Crippen LogP contribution in [-0.2, 0) is 11.0 Å². The predicted molar refractivity (Wildman–Crippen MR) is 108 cm³/mol. The van der Waals surface area contributed by atoms with Crippen LogP contribution in [0.25, 0.3) is 17.4 Å². The summed E-state index contributed by atoms with van der Waals surface area (Å²) in [7, 11) is 0. The van der Waals surface area contributed by atoms with Gasteiger partial charge in [0.25, 0.3) is 5.91 Å². The molecule has 4 nitrogen and oxygen atoms in total. The minimum Gasteiger partial charge on any atom is -0.457 e. The molecule has 0 saturated heterocycles. The summed E-state index contributed by atoms with van der Waals surface area (Å²) in [4.78, 5) is 12.3. The Balaban J connectivity index is 1.87. The summed E-state index contributed by atoms with van der Waals surface area (Å²) >= 11 is 11.9. The maximum Gasteiger partial charge on any atom is 0.416 e. The van der Waals surface area contributed by atoms with Crippen molar-refractivity contribution in [3.8, 4) is 17.4 Å². The van der Waals surface area contributed by atoms with E-state index < -0.39 is 17.6 Å². The molecule has 0 spiro atoms. The number of carbonyl (C=O) groups excluding carboxylic acids is 1. The summed E-state index contributed by atoms with van der Waals surface area (Å²) in [6.45, 7) is 0. The van der Waals surface area contributed by atoms with E-state index in [9.17, 15) is 23.2 Å². The molecule has 30 heavy (non-hydrogen) atoms. The van der Waals surface area contributed by atoms with Crippen LogP contribution in [0.2, 0.25) is 10.0 Å². The molecule has 0 aliphatic carbocycles. The molecule has 2 aromatic carbocycles. The predicted octanol–water partition coefficient (Wildman–Crippen LogP) is 6.82. The van der Waals surface area contributed by atoms with Crippen LogP contribution < -0.4 is 5.32 Å². The first kappa shape index (κ1) is 21.5. The van der Waals surface area contributed by atoms with E-state index >= 15 is 0 Å². The molecule has 1 N–H and O–H groups in total. The van der Waals surface area contributed by atoms with Crippen molar-refractivity contribution in [1.82, 2.24) is 0 Å². The monoisotopic (exact) mass is 450 g/mol. The molecule has 0 aliphatic heterocycles. The molecular formula is C21H11Cl2F3N2O2. The molecule has 3 rings (SSSR count). The van der Waals surface area contributed by atoms with Gasteiger partial charge in [0.15, 0.2) is 0 Å². The van der Waals surface area contributed by atoms with Crippen molar-refractivity contribution < 1.29 is 22.4 Å². The number of furan rings is 1. The maximum absolute atomic E-state index is 13.0. The van der Waals surface area contributed by atoms with E-state index in [-0.39, 0.29) is 27.7 Å². The third-order valence-electron chi connectivity index (χ3n) is 3.92. The van der Waals surface area contributed by atoms with Crippen LogP contribution in [0.5, 0.6) is 0 Å². The lowest BCUT2D eigenvalue weighted by Gasteiger charge is -2.09. The highest BCUT2D eigenvalue weighted by molar-refractivity contribution is 6.33. The highest BCUT2D eigenvalue weighted by atomic mass is 35.5. The van der Waals surface area contributed by atoms with Gasteiger partial charge in [-0.15, -0.1) is 0 Å². The number of hydrogen-bond acceptors (Lipinski definition) is 3. The fraction of sp³-hybridized carbons (Fsp3) is 0.0476. The number of benzene rings is 2. The Labute approximate surface area is 179 Å². The summed E-state index contributed by atoms with van der Waals surface area (Å²) in [6, 6.07) is 13.8. The number of nitrogens with zero attached hydrogens (tertiary/aromatic N) is 1. The normalized spacial score (nSPS) is 11.8. The molecule has 0 saturated carbocycles. The number of nitriles is 1. The van der Waals surface area contributed by atoms with Crippen LogP contribution in [0, 0.1) is 11.3 Å². The molecule has 0 bridgehead atoms. The Morgan fingerprint density at radius 1 is 1.10 bits per heavy atom. The van der Waals surface area contributed by atoms with Gasteiger partial charge in [0.1, 0.15) is 23.2 Å². The quantitative estimate of drug-likeness (QED) is 0.350. The topological polar surface area (TPSA) is 66.0 Å². The first-order valence-electron chi connectivity index (χ1n) is 8.33. The molecule has 1 amide bonds. The van der Waals surface area contributed by atoms with Crippen molar-refractivity contribution in [3.63, 3.8) is 0 Å². The second kappa shape index (κ2) is 8.66. The van der Waals surface area contributed by atoms with Gasteiger partial charge in [-0.3, -0.25) is 4.79 Å². The molecule has 1 heterocycles. The Morgan fingerprint density at radius 2 is 1.87 bits per heavy atom. The van der Waals surface area contributed by atoms with Crippen molar-refractivity contribution in [1.29, 1.82) is 5.26 Å². The van der Waals surface area contributed by atoms with E-state index in [0.29, 0.717) is 10.7 Å². The van der Waals surface area contributed by atoms with Crippen LogP contribution in [0.15, 0.2) is 64.6 Å². The number of alkyl halides is 3. The summed E-state index contributed by atoms with van der Waals surface area (Å²) in [5.41, 5.74) is -0.724. The largest absolute Gasteiger partial charge is 0.457 e. The minimum absolute atomic E-state index is 0.0352. The lowest BCUT2D eigenvalue weighted by Crippen LogP contribution is -2.13. The zero-order chi connectivity index (χ0) is 21.9. The average Bonchev–Trinajstić information content (AvgIpc) is 3.14. The van der Waals surface area contributed by atoms with Crippen LogP contribution in [0.3, 0.4) is 0 Å². The summed E-state index contributed by atoms with van der Waals surface area (Å²) in [5, 5.41) is 12.3. The molecule has 0 atom stereocenters. The third kappa shape index (κ3) is 5.03. The molecule has 3 aromatic rings. The van der Waals surface area contributed by atoms with Gasteiger partial charge in [0.2, 0.25) is 0 Å². The molecule has 0 unspecified atom stereocenters. The van der Waals surface area contributed by atoms with E-state index in [1.54, 1.807) is 24.3 Å². The first-order chi connectivity index (χ1) is 14.2. The number of anilines is 1. The number of carbonyl (C=O) groups is 1. The van der Waals surface area contributed by atoms with E-state index in [1.807, 2.05) is 0 Å². The van der Waals surface area contributed by atoms with Gasteiger partial charge in [-0.1, -0.05) is 29.3 Å². The Morgan fingerprint density at radius 3 is 2.53 bits per heavy atom. The van der Waals surface area contributed by atoms with Crippen molar-refractivity contribution in [2.45, 2.75) is 6.18 Å². The van der Waals surface area contributed by atoms with Gasteiger partial charge in [0, 0.05) is 22.3 Å². The third-order valence-corrected chi connectivity index (χ3v) is 4.48. The van der Waals surface area contributed by atoms with E-state index in [1.165, 1.54) is 24.3 Å². The Kier molecular flexibility index (Phi) is 6.20. The standard InChI is InChI=1S/C21H11Cl2F3N2O2/c22-14-2-1-3-15(10-14)28-20(29)12(11-27)8-16-5-7-19(30-16)17-9-13(21(24,25)26)4-6-18(17)23/h1-10H,(H,28,29). The number of hydrogen-bond donors (Lipinski definition) is 1. The molecule has 0 radical (unpaired) electrons. The van der Waals surface area contributed by atoms with Crippen molar-refractivity contribution in [2.75, 3.05) is 5.32 Å². The second-order valence-electron chi connectivity index (χ2n) is 6.03. The number of nitrogens with one attached hydrogen (secondary N) is 1. The van der Waals surface area contributed by atoms with Crippen molar-refractivity contribution in [3.05, 3.63) is 81.5 Å².